The average molecular weight is 468 g/mol. The molecule has 0 heterocycles. The molecule has 3 rings (SSSR count). The third-order valence-corrected chi connectivity index (χ3v) is 4.75. The van der Waals surface area contributed by atoms with E-state index in [0.29, 0.717) is 22.0 Å². The van der Waals surface area contributed by atoms with Crippen LogP contribution in [0.15, 0.2) is 77.3 Å². The van der Waals surface area contributed by atoms with Crippen molar-refractivity contribution in [3.8, 4) is 11.8 Å². The van der Waals surface area contributed by atoms with Crippen LogP contribution in [-0.2, 0) is 4.79 Å². The van der Waals surface area contributed by atoms with Gasteiger partial charge in [-0.3, -0.25) is 4.79 Å². The Labute approximate surface area is 182 Å². The number of carbonyl (C=O) groups excluding carboxylic acids is 1. The number of rotatable bonds is 6. The zero-order valence-corrected chi connectivity index (χ0v) is 17.6. The summed E-state index contributed by atoms with van der Waals surface area (Å²) in [4.78, 5) is 12.0. The molecular formula is C23H16BrClN2O2. The maximum atomic E-state index is 12.0. The standard InChI is InChI=1S/C23H16BrClN2O2/c24-19-5-3-17(4-6-19)18(14-26)13-16-1-11-22(12-2-16)29-15-23(28)27-21-9-7-20(25)8-10-21/h1-13H,15H2,(H,27,28)/b18-13+. The van der Waals surface area contributed by atoms with Crippen LogP contribution < -0.4 is 10.1 Å². The zero-order valence-electron chi connectivity index (χ0n) is 15.2. The Morgan fingerprint density at radius 2 is 1.69 bits per heavy atom. The lowest BCUT2D eigenvalue weighted by molar-refractivity contribution is -0.118. The second-order valence-electron chi connectivity index (χ2n) is 6.09. The van der Waals surface area contributed by atoms with E-state index in [-0.39, 0.29) is 12.5 Å². The molecule has 0 spiro atoms. The molecule has 1 amide bonds. The molecule has 0 fully saturated rings. The molecule has 0 bridgehead atoms. The van der Waals surface area contributed by atoms with Crippen molar-refractivity contribution in [3.05, 3.63) is 93.4 Å². The van der Waals surface area contributed by atoms with Crippen molar-refractivity contribution in [1.82, 2.24) is 0 Å². The van der Waals surface area contributed by atoms with E-state index in [4.69, 9.17) is 16.3 Å². The summed E-state index contributed by atoms with van der Waals surface area (Å²) in [6.07, 6.45) is 1.81. The van der Waals surface area contributed by atoms with Crippen molar-refractivity contribution in [2.75, 3.05) is 11.9 Å². The molecule has 4 nitrogen and oxygen atoms in total. The number of ether oxygens (including phenoxy) is 1. The van der Waals surface area contributed by atoms with Crippen molar-refractivity contribution in [1.29, 1.82) is 5.26 Å². The molecule has 3 aromatic carbocycles. The number of anilines is 1. The van der Waals surface area contributed by atoms with Crippen molar-refractivity contribution < 1.29 is 9.53 Å². The molecule has 0 atom stereocenters. The molecule has 0 radical (unpaired) electrons. The van der Waals surface area contributed by atoms with Crippen LogP contribution in [0.5, 0.6) is 5.75 Å². The number of amides is 1. The maximum Gasteiger partial charge on any atom is 0.262 e. The molecule has 0 saturated heterocycles. The van der Waals surface area contributed by atoms with Crippen molar-refractivity contribution in [2.45, 2.75) is 0 Å². The maximum absolute atomic E-state index is 12.0. The Morgan fingerprint density at radius 3 is 2.31 bits per heavy atom. The van der Waals surface area contributed by atoms with Gasteiger partial charge in [0, 0.05) is 15.2 Å². The number of benzene rings is 3. The molecule has 0 unspecified atom stereocenters. The monoisotopic (exact) mass is 466 g/mol. The Bertz CT molecular complexity index is 1050. The Morgan fingerprint density at radius 1 is 1.03 bits per heavy atom. The summed E-state index contributed by atoms with van der Waals surface area (Å²) >= 11 is 9.21. The molecule has 0 saturated carbocycles. The normalized spacial score (nSPS) is 10.9. The Balaban J connectivity index is 1.59. The van der Waals surface area contributed by atoms with Crippen LogP contribution in [0, 0.1) is 11.3 Å². The minimum atomic E-state index is -0.265. The van der Waals surface area contributed by atoms with Crippen LogP contribution in [0.3, 0.4) is 0 Å². The minimum absolute atomic E-state index is 0.111. The Kier molecular flexibility index (Phi) is 7.07. The van der Waals surface area contributed by atoms with E-state index >= 15 is 0 Å². The topological polar surface area (TPSA) is 62.1 Å². The molecular weight excluding hydrogens is 452 g/mol. The third-order valence-electron chi connectivity index (χ3n) is 3.96. The van der Waals surface area contributed by atoms with E-state index in [1.807, 2.05) is 36.4 Å². The van der Waals surface area contributed by atoms with Gasteiger partial charge in [0.15, 0.2) is 6.61 Å². The summed E-state index contributed by atoms with van der Waals surface area (Å²) in [5.41, 5.74) is 2.92. The molecule has 6 heteroatoms. The first-order valence-electron chi connectivity index (χ1n) is 8.69. The van der Waals surface area contributed by atoms with Gasteiger partial charge in [0.2, 0.25) is 0 Å². The highest BCUT2D eigenvalue weighted by Crippen LogP contribution is 2.21. The third kappa shape index (κ3) is 6.21. The lowest BCUT2D eigenvalue weighted by atomic mass is 10.0. The van der Waals surface area contributed by atoms with Crippen molar-refractivity contribution in [2.24, 2.45) is 0 Å². The smallest absolute Gasteiger partial charge is 0.262 e. The summed E-state index contributed by atoms with van der Waals surface area (Å²) < 4.78 is 6.48. The number of allylic oxidation sites excluding steroid dienone is 1. The van der Waals surface area contributed by atoms with Crippen molar-refractivity contribution >= 4 is 50.8 Å². The highest BCUT2D eigenvalue weighted by atomic mass is 79.9. The van der Waals surface area contributed by atoms with E-state index in [0.717, 1.165) is 15.6 Å². The van der Waals surface area contributed by atoms with Gasteiger partial charge < -0.3 is 10.1 Å². The summed E-state index contributed by atoms with van der Waals surface area (Å²) in [7, 11) is 0. The lowest BCUT2D eigenvalue weighted by Gasteiger charge is -2.08. The first-order chi connectivity index (χ1) is 14.0. The van der Waals surface area contributed by atoms with E-state index in [9.17, 15) is 10.1 Å². The second-order valence-corrected chi connectivity index (χ2v) is 7.44. The SMILES string of the molecule is N#C/C(=C\c1ccc(OCC(=O)Nc2ccc(Cl)cc2)cc1)c1ccc(Br)cc1. The molecule has 1 N–H and O–H groups in total. The van der Waals surface area contributed by atoms with Crippen LogP contribution >= 0.6 is 27.5 Å². The van der Waals surface area contributed by atoms with Gasteiger partial charge >= 0.3 is 0 Å². The van der Waals surface area contributed by atoms with Gasteiger partial charge in [-0.2, -0.15) is 5.26 Å². The fourth-order valence-electron chi connectivity index (χ4n) is 2.52. The van der Waals surface area contributed by atoms with Crippen LogP contribution in [0.2, 0.25) is 5.02 Å². The predicted molar refractivity (Wildman–Crippen MR) is 120 cm³/mol. The van der Waals surface area contributed by atoms with Crippen LogP contribution in [-0.4, -0.2) is 12.5 Å². The highest BCUT2D eigenvalue weighted by Gasteiger charge is 2.05. The fourth-order valence-corrected chi connectivity index (χ4v) is 2.91. The second kappa shape index (κ2) is 9.92. The van der Waals surface area contributed by atoms with Gasteiger partial charge in [0.25, 0.3) is 5.91 Å². The first-order valence-corrected chi connectivity index (χ1v) is 9.86. The van der Waals surface area contributed by atoms with Gasteiger partial charge in [0.05, 0.1) is 11.6 Å². The number of hydrogen-bond donors (Lipinski definition) is 1. The van der Waals surface area contributed by atoms with Gasteiger partial charge in [0.1, 0.15) is 5.75 Å². The van der Waals surface area contributed by atoms with Gasteiger partial charge in [-0.15, -0.1) is 0 Å². The number of nitriles is 1. The van der Waals surface area contributed by atoms with E-state index in [1.165, 1.54) is 0 Å². The predicted octanol–water partition coefficient (Wildman–Crippen LogP) is 6.18. The molecule has 0 aliphatic rings. The molecule has 0 aliphatic carbocycles. The molecule has 0 aliphatic heterocycles. The van der Waals surface area contributed by atoms with Crippen molar-refractivity contribution in [3.63, 3.8) is 0 Å². The number of hydrogen-bond acceptors (Lipinski definition) is 3. The van der Waals surface area contributed by atoms with Gasteiger partial charge in [-0.05, 0) is 65.7 Å². The fraction of sp³-hybridized carbons (Fsp3) is 0.0435. The molecule has 3 aromatic rings. The highest BCUT2D eigenvalue weighted by molar-refractivity contribution is 9.10. The number of nitrogens with zero attached hydrogens (tertiary/aromatic N) is 1. The zero-order chi connectivity index (χ0) is 20.6. The first kappa shape index (κ1) is 20.7. The average Bonchev–Trinajstić information content (AvgIpc) is 2.74. The molecule has 0 aromatic heterocycles. The minimum Gasteiger partial charge on any atom is -0.484 e. The summed E-state index contributed by atoms with van der Waals surface area (Å²) in [6.45, 7) is -0.111. The quantitative estimate of drug-likeness (QED) is 0.347. The molecule has 29 heavy (non-hydrogen) atoms. The summed E-state index contributed by atoms with van der Waals surface area (Å²) in [6, 6.07) is 23.8. The molecule has 144 valence electrons. The van der Waals surface area contributed by atoms with Crippen LogP contribution in [0.1, 0.15) is 11.1 Å². The van der Waals surface area contributed by atoms with E-state index in [2.05, 4.69) is 27.3 Å². The van der Waals surface area contributed by atoms with Gasteiger partial charge in [-0.25, -0.2) is 0 Å². The number of halogens is 2. The number of carbonyl (C=O) groups is 1. The van der Waals surface area contributed by atoms with E-state index in [1.54, 1.807) is 42.5 Å². The van der Waals surface area contributed by atoms with Crippen LogP contribution in [0.25, 0.3) is 11.6 Å². The Hall–Kier alpha value is -3.07. The largest absolute Gasteiger partial charge is 0.484 e. The summed E-state index contributed by atoms with van der Waals surface area (Å²) in [5.74, 6) is 0.300. The lowest BCUT2D eigenvalue weighted by Crippen LogP contribution is -2.20. The van der Waals surface area contributed by atoms with Gasteiger partial charge in [-0.1, -0.05) is 51.8 Å². The summed E-state index contributed by atoms with van der Waals surface area (Å²) in [5, 5.41) is 12.8. The number of nitrogens with one attached hydrogen (secondary N) is 1. The van der Waals surface area contributed by atoms with E-state index < -0.39 is 0 Å². The van der Waals surface area contributed by atoms with Crippen LogP contribution in [0.4, 0.5) is 5.69 Å².